The SMILES string of the molecule is CC(NC(=O)c1ccn(-c2ccccc2F)n1)c1cc(F)ccc1N1CCN(C)CC1. The summed E-state index contributed by atoms with van der Waals surface area (Å²) >= 11 is 0. The van der Waals surface area contributed by atoms with E-state index in [2.05, 4.69) is 27.3 Å². The highest BCUT2D eigenvalue weighted by Gasteiger charge is 2.22. The molecule has 0 radical (unpaired) electrons. The van der Waals surface area contributed by atoms with Crippen LogP contribution in [0.4, 0.5) is 14.5 Å². The van der Waals surface area contributed by atoms with Crippen molar-refractivity contribution in [2.75, 3.05) is 38.1 Å². The number of carbonyl (C=O) groups is 1. The molecular formula is C23H25F2N5O. The fraction of sp³-hybridized carbons (Fsp3) is 0.304. The lowest BCUT2D eigenvalue weighted by Gasteiger charge is -2.36. The molecule has 31 heavy (non-hydrogen) atoms. The number of carbonyl (C=O) groups excluding carboxylic acids is 1. The number of halogens is 2. The quantitative estimate of drug-likeness (QED) is 0.681. The Hall–Kier alpha value is -3.26. The van der Waals surface area contributed by atoms with Crippen LogP contribution in [-0.4, -0.2) is 53.8 Å². The van der Waals surface area contributed by atoms with Crippen LogP contribution in [0.3, 0.4) is 0 Å². The van der Waals surface area contributed by atoms with Crippen LogP contribution in [0.1, 0.15) is 29.0 Å². The maximum Gasteiger partial charge on any atom is 0.272 e. The van der Waals surface area contributed by atoms with Gasteiger partial charge in [0.1, 0.15) is 17.3 Å². The van der Waals surface area contributed by atoms with Gasteiger partial charge in [0.05, 0.1) is 6.04 Å². The fourth-order valence-electron chi connectivity index (χ4n) is 3.77. The number of amides is 1. The lowest BCUT2D eigenvalue weighted by molar-refractivity contribution is 0.0934. The minimum Gasteiger partial charge on any atom is -0.369 e. The number of rotatable bonds is 5. The summed E-state index contributed by atoms with van der Waals surface area (Å²) in [6.07, 6.45) is 1.54. The molecule has 1 atom stereocenters. The smallest absolute Gasteiger partial charge is 0.272 e. The number of hydrogen-bond donors (Lipinski definition) is 1. The Morgan fingerprint density at radius 1 is 1.03 bits per heavy atom. The first kappa shape index (κ1) is 21.0. The summed E-state index contributed by atoms with van der Waals surface area (Å²) in [7, 11) is 2.08. The lowest BCUT2D eigenvalue weighted by atomic mass is 10.0. The average Bonchev–Trinajstić information content (AvgIpc) is 3.25. The zero-order valence-electron chi connectivity index (χ0n) is 17.6. The predicted molar refractivity (Wildman–Crippen MR) is 116 cm³/mol. The molecule has 2 aromatic carbocycles. The van der Waals surface area contributed by atoms with Gasteiger partial charge in [0.15, 0.2) is 5.69 Å². The Morgan fingerprint density at radius 3 is 2.52 bits per heavy atom. The standard InChI is InChI=1S/C23H25F2N5O/c1-16(18-15-17(24)7-8-21(18)29-13-11-28(2)12-14-29)26-23(31)20-9-10-30(27-20)22-6-4-3-5-19(22)25/h3-10,15-16H,11-14H2,1-2H3,(H,26,31). The zero-order chi connectivity index (χ0) is 22.0. The molecule has 0 spiro atoms. The molecule has 1 amide bonds. The summed E-state index contributed by atoms with van der Waals surface area (Å²) in [6.45, 7) is 5.34. The van der Waals surface area contributed by atoms with E-state index in [1.807, 2.05) is 6.92 Å². The molecule has 1 fully saturated rings. The minimum atomic E-state index is -0.434. The maximum atomic E-state index is 14.0. The Balaban J connectivity index is 1.52. The predicted octanol–water partition coefficient (Wildman–Crippen LogP) is 3.39. The van der Waals surface area contributed by atoms with Crippen LogP contribution in [0, 0.1) is 11.6 Å². The lowest BCUT2D eigenvalue weighted by Crippen LogP contribution is -2.45. The summed E-state index contributed by atoms with van der Waals surface area (Å²) in [5.41, 5.74) is 2.05. The van der Waals surface area contributed by atoms with Crippen molar-refractivity contribution in [3.8, 4) is 5.69 Å². The van der Waals surface area contributed by atoms with Crippen molar-refractivity contribution in [2.24, 2.45) is 0 Å². The molecule has 0 saturated carbocycles. The van der Waals surface area contributed by atoms with Crippen LogP contribution in [0.25, 0.3) is 5.69 Å². The molecule has 1 saturated heterocycles. The van der Waals surface area contributed by atoms with Crippen molar-refractivity contribution < 1.29 is 13.6 Å². The van der Waals surface area contributed by atoms with Gasteiger partial charge in [-0.15, -0.1) is 0 Å². The fourth-order valence-corrected chi connectivity index (χ4v) is 3.77. The van der Waals surface area contributed by atoms with E-state index in [1.54, 1.807) is 24.3 Å². The van der Waals surface area contributed by atoms with Crippen molar-refractivity contribution in [3.05, 3.63) is 77.6 Å². The van der Waals surface area contributed by atoms with Crippen LogP contribution in [0.15, 0.2) is 54.7 Å². The van der Waals surface area contributed by atoms with Crippen LogP contribution < -0.4 is 10.2 Å². The first-order chi connectivity index (χ1) is 14.9. The van der Waals surface area contributed by atoms with Gasteiger partial charge in [-0.3, -0.25) is 4.79 Å². The molecule has 1 aromatic heterocycles. The van der Waals surface area contributed by atoms with Gasteiger partial charge >= 0.3 is 0 Å². The van der Waals surface area contributed by atoms with Crippen LogP contribution in [-0.2, 0) is 0 Å². The highest BCUT2D eigenvalue weighted by molar-refractivity contribution is 5.92. The van der Waals surface area contributed by atoms with E-state index in [9.17, 15) is 13.6 Å². The van der Waals surface area contributed by atoms with E-state index in [0.717, 1.165) is 31.9 Å². The van der Waals surface area contributed by atoms with Crippen molar-refractivity contribution in [1.29, 1.82) is 0 Å². The molecule has 0 aliphatic carbocycles. The Kier molecular flexibility index (Phi) is 5.99. The van der Waals surface area contributed by atoms with Crippen LogP contribution in [0.2, 0.25) is 0 Å². The third-order valence-corrected chi connectivity index (χ3v) is 5.57. The molecule has 1 N–H and O–H groups in total. The molecule has 4 rings (SSSR count). The second-order valence-electron chi connectivity index (χ2n) is 7.79. The number of piperazine rings is 1. The average molecular weight is 425 g/mol. The molecule has 1 aliphatic heterocycles. The second kappa shape index (κ2) is 8.85. The van der Waals surface area contributed by atoms with E-state index >= 15 is 0 Å². The van der Waals surface area contributed by atoms with Gasteiger partial charge in [-0.25, -0.2) is 13.5 Å². The summed E-state index contributed by atoms with van der Waals surface area (Å²) in [4.78, 5) is 17.2. The number of nitrogens with zero attached hydrogens (tertiary/aromatic N) is 4. The Bertz CT molecular complexity index is 1080. The van der Waals surface area contributed by atoms with Crippen LogP contribution >= 0.6 is 0 Å². The zero-order valence-corrected chi connectivity index (χ0v) is 17.6. The topological polar surface area (TPSA) is 53.4 Å². The third kappa shape index (κ3) is 4.59. The minimum absolute atomic E-state index is 0.160. The first-order valence-electron chi connectivity index (χ1n) is 10.3. The summed E-state index contributed by atoms with van der Waals surface area (Å²) in [6, 6.07) is 12.0. The maximum absolute atomic E-state index is 14.0. The number of aromatic nitrogens is 2. The number of likely N-dealkylation sites (N-methyl/N-ethyl adjacent to an activating group) is 1. The van der Waals surface area contributed by atoms with Gasteiger partial charge < -0.3 is 15.1 Å². The van der Waals surface area contributed by atoms with Gasteiger partial charge in [0, 0.05) is 43.6 Å². The number of benzene rings is 2. The molecule has 8 heteroatoms. The normalized spacial score (nSPS) is 15.7. The summed E-state index contributed by atoms with van der Waals surface area (Å²) in [5.74, 6) is -1.18. The molecule has 2 heterocycles. The Labute approximate surface area is 180 Å². The van der Waals surface area contributed by atoms with E-state index in [1.165, 1.54) is 35.1 Å². The van der Waals surface area contributed by atoms with Crippen molar-refractivity contribution in [1.82, 2.24) is 20.0 Å². The third-order valence-electron chi connectivity index (χ3n) is 5.57. The van der Waals surface area contributed by atoms with Gasteiger partial charge in [-0.2, -0.15) is 5.10 Å². The molecule has 1 aliphatic rings. The monoisotopic (exact) mass is 425 g/mol. The number of para-hydroxylation sites is 1. The largest absolute Gasteiger partial charge is 0.369 e. The van der Waals surface area contributed by atoms with Gasteiger partial charge in [-0.1, -0.05) is 12.1 Å². The molecule has 1 unspecified atom stereocenters. The first-order valence-corrected chi connectivity index (χ1v) is 10.3. The highest BCUT2D eigenvalue weighted by Crippen LogP contribution is 2.28. The van der Waals surface area contributed by atoms with Crippen molar-refractivity contribution >= 4 is 11.6 Å². The molecular weight excluding hydrogens is 400 g/mol. The van der Waals surface area contributed by atoms with Crippen molar-refractivity contribution in [3.63, 3.8) is 0 Å². The van der Waals surface area contributed by atoms with Crippen LogP contribution in [0.5, 0.6) is 0 Å². The van der Waals surface area contributed by atoms with E-state index in [4.69, 9.17) is 0 Å². The number of hydrogen-bond acceptors (Lipinski definition) is 4. The molecule has 3 aromatic rings. The summed E-state index contributed by atoms with van der Waals surface area (Å²) in [5, 5.41) is 7.10. The molecule has 6 nitrogen and oxygen atoms in total. The molecule has 0 bridgehead atoms. The van der Waals surface area contributed by atoms with Gasteiger partial charge in [0.25, 0.3) is 5.91 Å². The number of nitrogens with one attached hydrogen (secondary N) is 1. The van der Waals surface area contributed by atoms with Gasteiger partial charge in [0.2, 0.25) is 0 Å². The Morgan fingerprint density at radius 2 is 1.77 bits per heavy atom. The highest BCUT2D eigenvalue weighted by atomic mass is 19.1. The molecule has 162 valence electrons. The van der Waals surface area contributed by atoms with E-state index in [0.29, 0.717) is 5.56 Å². The second-order valence-corrected chi connectivity index (χ2v) is 7.79. The van der Waals surface area contributed by atoms with Crippen molar-refractivity contribution in [2.45, 2.75) is 13.0 Å². The van der Waals surface area contributed by atoms with Gasteiger partial charge in [-0.05, 0) is 50.4 Å². The van der Waals surface area contributed by atoms with E-state index in [-0.39, 0.29) is 17.2 Å². The summed E-state index contributed by atoms with van der Waals surface area (Å²) < 4.78 is 29.4. The van der Waals surface area contributed by atoms with E-state index < -0.39 is 17.8 Å². The number of anilines is 1.